The molecule has 2 aliphatic carbocycles. The van der Waals surface area contributed by atoms with Crippen molar-refractivity contribution < 1.29 is 9.53 Å². The van der Waals surface area contributed by atoms with Crippen molar-refractivity contribution in [3.05, 3.63) is 51.6 Å². The van der Waals surface area contributed by atoms with Gasteiger partial charge < -0.3 is 10.1 Å². The Morgan fingerprint density at radius 1 is 1.35 bits per heavy atom. The number of rotatable bonds is 4. The van der Waals surface area contributed by atoms with E-state index >= 15 is 0 Å². The minimum atomic E-state index is 0.0874. The van der Waals surface area contributed by atoms with E-state index in [-0.39, 0.29) is 5.91 Å². The Bertz CT molecular complexity index is 800. The summed E-state index contributed by atoms with van der Waals surface area (Å²) in [7, 11) is 1.74. The van der Waals surface area contributed by atoms with Gasteiger partial charge >= 0.3 is 0 Å². The molecule has 0 spiro atoms. The lowest BCUT2D eigenvalue weighted by atomic mass is 9.84. The molecule has 120 valence electrons. The van der Waals surface area contributed by atoms with Gasteiger partial charge in [0.25, 0.3) is 0 Å². The molecule has 0 saturated carbocycles. The lowest BCUT2D eigenvalue weighted by molar-refractivity contribution is -0.120. The molecule has 1 N–H and O–H groups in total. The van der Waals surface area contributed by atoms with Crippen molar-refractivity contribution in [2.75, 3.05) is 13.7 Å². The van der Waals surface area contributed by atoms with Gasteiger partial charge in [0.2, 0.25) is 5.91 Å². The number of hydrogen-bond acceptors (Lipinski definition) is 2. The normalized spacial score (nSPS) is 16.5. The first-order valence-electron chi connectivity index (χ1n) is 8.29. The highest BCUT2D eigenvalue weighted by Gasteiger charge is 2.20. The fraction of sp³-hybridized carbons (Fsp3) is 0.350. The van der Waals surface area contributed by atoms with Crippen molar-refractivity contribution in [3.63, 3.8) is 0 Å². The number of hydrogen-bond donors (Lipinski definition) is 1. The van der Waals surface area contributed by atoms with Crippen LogP contribution in [0, 0.1) is 0 Å². The Labute approximate surface area is 137 Å². The van der Waals surface area contributed by atoms with Crippen LogP contribution in [0.25, 0.3) is 17.7 Å². The number of carbonyl (C=O) groups is 1. The standard InChI is InChI=1S/C20H23NO2/c1-3-19(22)21-13-12-14-10-11-15-6-4-9-18(23-2)17-8-5-7-16(14)20(15)17/h4,6,9-12H,3,5,7-8,13H2,1-2H3,(H,21,22). The van der Waals surface area contributed by atoms with Crippen molar-refractivity contribution in [1.29, 1.82) is 0 Å². The van der Waals surface area contributed by atoms with Crippen LogP contribution < -0.4 is 15.8 Å². The maximum absolute atomic E-state index is 11.4. The molecule has 0 saturated heterocycles. The van der Waals surface area contributed by atoms with E-state index in [1.54, 1.807) is 7.11 Å². The van der Waals surface area contributed by atoms with Crippen LogP contribution in [-0.4, -0.2) is 19.6 Å². The summed E-state index contributed by atoms with van der Waals surface area (Å²) in [5.74, 6) is 1.06. The third-order valence-electron chi connectivity index (χ3n) is 4.52. The minimum absolute atomic E-state index is 0.0874. The Hall–Kier alpha value is -2.29. The maximum atomic E-state index is 11.4. The van der Waals surface area contributed by atoms with E-state index < -0.39 is 0 Å². The molecule has 23 heavy (non-hydrogen) atoms. The smallest absolute Gasteiger partial charge is 0.219 e. The van der Waals surface area contributed by atoms with E-state index in [0.717, 1.165) is 25.0 Å². The molecule has 3 heteroatoms. The topological polar surface area (TPSA) is 38.3 Å². The van der Waals surface area contributed by atoms with E-state index in [1.165, 1.54) is 27.1 Å². The summed E-state index contributed by atoms with van der Waals surface area (Å²) in [6.07, 6.45) is 12.2. The molecule has 0 fully saturated rings. The van der Waals surface area contributed by atoms with E-state index in [4.69, 9.17) is 4.74 Å². The minimum Gasteiger partial charge on any atom is -0.496 e. The summed E-state index contributed by atoms with van der Waals surface area (Å²) in [6.45, 7) is 2.45. The number of carbonyl (C=O) groups excluding carboxylic acids is 1. The molecule has 1 amide bonds. The summed E-state index contributed by atoms with van der Waals surface area (Å²) < 4.78 is 5.59. The van der Waals surface area contributed by atoms with Gasteiger partial charge in [0.1, 0.15) is 5.76 Å². The Morgan fingerprint density at radius 2 is 2.22 bits per heavy atom. The fourth-order valence-corrected chi connectivity index (χ4v) is 3.38. The van der Waals surface area contributed by atoms with E-state index in [9.17, 15) is 4.79 Å². The zero-order valence-electron chi connectivity index (χ0n) is 13.8. The summed E-state index contributed by atoms with van der Waals surface area (Å²) in [5.41, 5.74) is 4.01. The van der Waals surface area contributed by atoms with Crippen molar-refractivity contribution >= 4 is 23.6 Å². The van der Waals surface area contributed by atoms with E-state index in [0.29, 0.717) is 13.0 Å². The lowest BCUT2D eigenvalue weighted by Gasteiger charge is -2.22. The average molecular weight is 309 g/mol. The first-order chi connectivity index (χ1) is 11.2. The second-order valence-corrected chi connectivity index (χ2v) is 5.89. The van der Waals surface area contributed by atoms with Gasteiger partial charge in [-0.2, -0.15) is 0 Å². The van der Waals surface area contributed by atoms with Crippen LogP contribution in [0.2, 0.25) is 0 Å². The number of methoxy groups -OCH3 is 1. The summed E-state index contributed by atoms with van der Waals surface area (Å²) in [5, 5.41) is 5.40. The van der Waals surface area contributed by atoms with Gasteiger partial charge in [0.15, 0.2) is 0 Å². The van der Waals surface area contributed by atoms with E-state index in [2.05, 4.69) is 41.8 Å². The number of amides is 1. The van der Waals surface area contributed by atoms with Crippen LogP contribution in [0.5, 0.6) is 0 Å². The largest absolute Gasteiger partial charge is 0.496 e. The number of benzene rings is 1. The Kier molecular flexibility index (Phi) is 4.65. The second-order valence-electron chi connectivity index (χ2n) is 5.89. The maximum Gasteiger partial charge on any atom is 0.219 e. The molecule has 3 nitrogen and oxygen atoms in total. The predicted molar refractivity (Wildman–Crippen MR) is 93.9 cm³/mol. The molecule has 2 aliphatic rings. The molecule has 1 aromatic carbocycles. The SMILES string of the molecule is CCC(=O)NCC=c1ccc2c3c1CCCC3=C(OC)C=CC=2. The highest BCUT2D eigenvalue weighted by atomic mass is 16.5. The van der Waals surface area contributed by atoms with Gasteiger partial charge in [-0.25, -0.2) is 0 Å². The van der Waals surface area contributed by atoms with Crippen molar-refractivity contribution in [1.82, 2.24) is 5.32 Å². The summed E-state index contributed by atoms with van der Waals surface area (Å²) >= 11 is 0. The number of allylic oxidation sites excluding steroid dienone is 3. The first-order valence-corrected chi connectivity index (χ1v) is 8.29. The molecule has 0 radical (unpaired) electrons. The van der Waals surface area contributed by atoms with Gasteiger partial charge in [-0.3, -0.25) is 4.79 Å². The van der Waals surface area contributed by atoms with Crippen molar-refractivity contribution in [3.8, 4) is 0 Å². The third-order valence-corrected chi connectivity index (χ3v) is 4.52. The van der Waals surface area contributed by atoms with E-state index in [1.807, 2.05) is 6.92 Å². The van der Waals surface area contributed by atoms with Gasteiger partial charge in [-0.15, -0.1) is 0 Å². The Morgan fingerprint density at radius 3 is 3.00 bits per heavy atom. The second kappa shape index (κ2) is 6.86. The van der Waals surface area contributed by atoms with Gasteiger partial charge in [0.05, 0.1) is 7.11 Å². The van der Waals surface area contributed by atoms with Gasteiger partial charge in [-0.05, 0) is 46.9 Å². The highest BCUT2D eigenvalue weighted by molar-refractivity contribution is 5.77. The molecule has 0 aliphatic heterocycles. The van der Waals surface area contributed by atoms with Gasteiger partial charge in [-0.1, -0.05) is 37.3 Å². The molecular weight excluding hydrogens is 286 g/mol. The summed E-state index contributed by atoms with van der Waals surface area (Å²) in [4.78, 5) is 11.4. The van der Waals surface area contributed by atoms with Crippen LogP contribution in [0.3, 0.4) is 0 Å². The molecule has 1 aromatic rings. The van der Waals surface area contributed by atoms with Crippen LogP contribution in [0.4, 0.5) is 0 Å². The molecule has 0 atom stereocenters. The van der Waals surface area contributed by atoms with Crippen LogP contribution in [-0.2, 0) is 16.0 Å². The van der Waals surface area contributed by atoms with Crippen molar-refractivity contribution in [2.24, 2.45) is 0 Å². The molecule has 0 heterocycles. The average Bonchev–Trinajstić information content (AvgIpc) is 2.77. The quantitative estimate of drug-likeness (QED) is 0.924. The first kappa shape index (κ1) is 15.6. The van der Waals surface area contributed by atoms with Crippen molar-refractivity contribution in [2.45, 2.75) is 32.6 Å². The molecular formula is C20H23NO2. The molecule has 3 rings (SSSR count). The monoisotopic (exact) mass is 309 g/mol. The third kappa shape index (κ3) is 3.09. The van der Waals surface area contributed by atoms with Crippen LogP contribution in [0.1, 0.15) is 37.3 Å². The Balaban J connectivity index is 2.08. The fourth-order valence-electron chi connectivity index (χ4n) is 3.38. The zero-order chi connectivity index (χ0) is 16.2. The van der Waals surface area contributed by atoms with Gasteiger partial charge in [0, 0.05) is 18.5 Å². The molecule has 0 aromatic heterocycles. The molecule has 0 unspecified atom stereocenters. The van der Waals surface area contributed by atoms with Crippen LogP contribution in [0.15, 0.2) is 30.0 Å². The van der Waals surface area contributed by atoms with Crippen LogP contribution >= 0.6 is 0 Å². The predicted octanol–water partition coefficient (Wildman–Crippen LogP) is 2.04. The number of nitrogens with one attached hydrogen (secondary N) is 1. The highest BCUT2D eigenvalue weighted by Crippen LogP contribution is 2.31. The summed E-state index contributed by atoms with van der Waals surface area (Å²) in [6, 6.07) is 4.33. The molecule has 0 bridgehead atoms. The zero-order valence-corrected chi connectivity index (χ0v) is 13.8. The number of ether oxygens (including phenoxy) is 1. The lowest BCUT2D eigenvalue weighted by Crippen LogP contribution is -2.27.